The second kappa shape index (κ2) is 7.80. The molecule has 0 aliphatic heterocycles. The van der Waals surface area contributed by atoms with E-state index in [-0.39, 0.29) is 5.57 Å². The van der Waals surface area contributed by atoms with Gasteiger partial charge in [0, 0.05) is 24.3 Å². The molecule has 0 saturated heterocycles. The number of carbonyl (C=O) groups excluding carboxylic acids is 1. The van der Waals surface area contributed by atoms with Gasteiger partial charge >= 0.3 is 0 Å². The zero-order chi connectivity index (χ0) is 17.7. The zero-order valence-corrected chi connectivity index (χ0v) is 15.4. The lowest BCUT2D eigenvalue weighted by Gasteiger charge is -2.14. The molecule has 0 fully saturated rings. The number of benzene rings is 2. The average Bonchev–Trinajstić information content (AvgIpc) is 2.52. The number of nitriles is 1. The molecule has 0 unspecified atom stereocenters. The molecule has 24 heavy (non-hydrogen) atoms. The molecule has 1 amide bonds. The fourth-order valence-corrected chi connectivity index (χ4v) is 2.96. The Morgan fingerprint density at radius 3 is 2.58 bits per heavy atom. The van der Waals surface area contributed by atoms with Crippen molar-refractivity contribution < 1.29 is 4.79 Å². The summed E-state index contributed by atoms with van der Waals surface area (Å²) in [5.74, 6) is -0.420. The number of aryl methyl sites for hydroxylation is 1. The van der Waals surface area contributed by atoms with Crippen LogP contribution in [0.1, 0.15) is 11.1 Å². The number of halogens is 1. The van der Waals surface area contributed by atoms with Crippen molar-refractivity contribution in [3.8, 4) is 6.07 Å². The van der Waals surface area contributed by atoms with Crippen LogP contribution >= 0.6 is 15.9 Å². The molecule has 0 aromatic heterocycles. The summed E-state index contributed by atoms with van der Waals surface area (Å²) < 4.78 is 0.901. The Balaban J connectivity index is 2.24. The van der Waals surface area contributed by atoms with E-state index in [1.165, 1.54) is 0 Å². The Morgan fingerprint density at radius 1 is 1.25 bits per heavy atom. The summed E-state index contributed by atoms with van der Waals surface area (Å²) >= 11 is 3.50. The van der Waals surface area contributed by atoms with E-state index in [2.05, 4.69) is 21.2 Å². The summed E-state index contributed by atoms with van der Waals surface area (Å²) in [6, 6.07) is 15.1. The van der Waals surface area contributed by atoms with Gasteiger partial charge in [0.05, 0.1) is 5.69 Å². The number of amides is 1. The Morgan fingerprint density at radius 2 is 2.00 bits per heavy atom. The standard InChI is InChI=1S/C19H18BrN3O/c1-13-5-4-6-16(9-13)22-19(24)15(12-21)10-14-7-8-18(23(2)3)17(20)11-14/h4-11H,1-3H3,(H,22,24)/b15-10+. The second-order valence-electron chi connectivity index (χ2n) is 5.60. The normalized spacial score (nSPS) is 10.9. The van der Waals surface area contributed by atoms with E-state index in [9.17, 15) is 10.1 Å². The van der Waals surface area contributed by atoms with Crippen LogP contribution in [0, 0.1) is 18.3 Å². The number of rotatable bonds is 4. The first-order chi connectivity index (χ1) is 11.4. The second-order valence-corrected chi connectivity index (χ2v) is 6.45. The smallest absolute Gasteiger partial charge is 0.266 e. The van der Waals surface area contributed by atoms with Gasteiger partial charge in [0.25, 0.3) is 5.91 Å². The van der Waals surface area contributed by atoms with Gasteiger partial charge in [-0.15, -0.1) is 0 Å². The number of carbonyl (C=O) groups is 1. The maximum atomic E-state index is 12.3. The minimum atomic E-state index is -0.420. The molecule has 2 rings (SSSR count). The van der Waals surface area contributed by atoms with Crippen molar-refractivity contribution in [2.75, 3.05) is 24.3 Å². The highest BCUT2D eigenvalue weighted by molar-refractivity contribution is 9.10. The van der Waals surface area contributed by atoms with Crippen LogP contribution in [-0.2, 0) is 4.79 Å². The van der Waals surface area contributed by atoms with Crippen molar-refractivity contribution in [3.05, 3.63) is 63.6 Å². The number of hydrogen-bond donors (Lipinski definition) is 1. The van der Waals surface area contributed by atoms with Gasteiger partial charge in [-0.25, -0.2) is 0 Å². The van der Waals surface area contributed by atoms with Crippen LogP contribution in [0.3, 0.4) is 0 Å². The van der Waals surface area contributed by atoms with Gasteiger partial charge in [0.1, 0.15) is 11.6 Å². The van der Waals surface area contributed by atoms with Crippen LogP contribution in [0.4, 0.5) is 11.4 Å². The van der Waals surface area contributed by atoms with Crippen LogP contribution in [0.2, 0.25) is 0 Å². The number of nitrogens with zero attached hydrogens (tertiary/aromatic N) is 2. The fraction of sp³-hybridized carbons (Fsp3) is 0.158. The first-order valence-electron chi connectivity index (χ1n) is 7.37. The molecule has 0 radical (unpaired) electrons. The molecular weight excluding hydrogens is 366 g/mol. The fourth-order valence-electron chi connectivity index (χ4n) is 2.21. The summed E-state index contributed by atoms with van der Waals surface area (Å²) in [5.41, 5.74) is 3.57. The Bertz CT molecular complexity index is 835. The molecule has 0 spiro atoms. The minimum Gasteiger partial charge on any atom is -0.377 e. The molecule has 0 aliphatic rings. The van der Waals surface area contributed by atoms with E-state index in [0.29, 0.717) is 5.69 Å². The molecule has 0 aliphatic carbocycles. The Kier molecular flexibility index (Phi) is 5.78. The van der Waals surface area contributed by atoms with Crippen molar-refractivity contribution in [2.24, 2.45) is 0 Å². The number of hydrogen-bond acceptors (Lipinski definition) is 3. The SMILES string of the molecule is Cc1cccc(NC(=O)/C(C#N)=C/c2ccc(N(C)C)c(Br)c2)c1. The van der Waals surface area contributed by atoms with Crippen LogP contribution < -0.4 is 10.2 Å². The van der Waals surface area contributed by atoms with E-state index < -0.39 is 5.91 Å². The molecule has 2 aromatic carbocycles. The van der Waals surface area contributed by atoms with Crippen LogP contribution in [-0.4, -0.2) is 20.0 Å². The van der Waals surface area contributed by atoms with Crippen LogP contribution in [0.15, 0.2) is 52.5 Å². The molecular formula is C19H18BrN3O. The molecule has 0 saturated carbocycles. The molecule has 0 bridgehead atoms. The van der Waals surface area contributed by atoms with E-state index >= 15 is 0 Å². The van der Waals surface area contributed by atoms with Gasteiger partial charge in [-0.1, -0.05) is 18.2 Å². The first kappa shape index (κ1) is 17.8. The van der Waals surface area contributed by atoms with E-state index in [1.807, 2.05) is 68.4 Å². The van der Waals surface area contributed by atoms with Gasteiger partial charge in [-0.05, 0) is 64.3 Å². The summed E-state index contributed by atoms with van der Waals surface area (Å²) in [4.78, 5) is 14.3. The Labute approximate surface area is 150 Å². The predicted octanol–water partition coefficient (Wildman–Crippen LogP) is 4.37. The van der Waals surface area contributed by atoms with Crippen molar-refractivity contribution in [2.45, 2.75) is 6.92 Å². The van der Waals surface area contributed by atoms with Gasteiger partial charge in [-0.3, -0.25) is 4.79 Å². The molecule has 2 aromatic rings. The molecule has 1 N–H and O–H groups in total. The van der Waals surface area contributed by atoms with E-state index in [1.54, 1.807) is 12.1 Å². The third-order valence-electron chi connectivity index (χ3n) is 3.41. The van der Waals surface area contributed by atoms with Crippen molar-refractivity contribution >= 4 is 39.3 Å². The molecule has 0 atom stereocenters. The summed E-state index contributed by atoms with van der Waals surface area (Å²) in [6.07, 6.45) is 1.58. The maximum absolute atomic E-state index is 12.3. The number of anilines is 2. The van der Waals surface area contributed by atoms with Gasteiger partial charge in [0.2, 0.25) is 0 Å². The lowest BCUT2D eigenvalue weighted by molar-refractivity contribution is -0.112. The maximum Gasteiger partial charge on any atom is 0.266 e. The first-order valence-corrected chi connectivity index (χ1v) is 8.16. The van der Waals surface area contributed by atoms with Crippen molar-refractivity contribution in [1.29, 1.82) is 5.26 Å². The summed E-state index contributed by atoms with van der Waals surface area (Å²) in [7, 11) is 3.90. The molecule has 122 valence electrons. The van der Waals surface area contributed by atoms with Crippen LogP contribution in [0.25, 0.3) is 6.08 Å². The third-order valence-corrected chi connectivity index (χ3v) is 4.04. The largest absolute Gasteiger partial charge is 0.377 e. The third kappa shape index (κ3) is 4.46. The quantitative estimate of drug-likeness (QED) is 0.629. The van der Waals surface area contributed by atoms with Crippen molar-refractivity contribution in [3.63, 3.8) is 0 Å². The van der Waals surface area contributed by atoms with E-state index in [0.717, 1.165) is 21.3 Å². The monoisotopic (exact) mass is 383 g/mol. The van der Waals surface area contributed by atoms with Gasteiger partial charge in [0.15, 0.2) is 0 Å². The highest BCUT2D eigenvalue weighted by Gasteiger charge is 2.10. The minimum absolute atomic E-state index is 0.0565. The summed E-state index contributed by atoms with van der Waals surface area (Å²) in [6.45, 7) is 1.94. The van der Waals surface area contributed by atoms with Crippen LogP contribution in [0.5, 0.6) is 0 Å². The summed E-state index contributed by atoms with van der Waals surface area (Å²) in [5, 5.41) is 12.1. The zero-order valence-electron chi connectivity index (χ0n) is 13.8. The molecule has 5 heteroatoms. The van der Waals surface area contributed by atoms with Gasteiger partial charge < -0.3 is 10.2 Å². The lowest BCUT2D eigenvalue weighted by atomic mass is 10.1. The highest BCUT2D eigenvalue weighted by Crippen LogP contribution is 2.26. The lowest BCUT2D eigenvalue weighted by Crippen LogP contribution is -2.13. The number of nitrogens with one attached hydrogen (secondary N) is 1. The predicted molar refractivity (Wildman–Crippen MR) is 102 cm³/mol. The Hall–Kier alpha value is -2.58. The van der Waals surface area contributed by atoms with E-state index in [4.69, 9.17) is 0 Å². The molecule has 0 heterocycles. The topological polar surface area (TPSA) is 56.1 Å². The molecule has 4 nitrogen and oxygen atoms in total. The average molecular weight is 384 g/mol. The van der Waals surface area contributed by atoms with Crippen molar-refractivity contribution in [1.82, 2.24) is 0 Å². The highest BCUT2D eigenvalue weighted by atomic mass is 79.9. The van der Waals surface area contributed by atoms with Gasteiger partial charge in [-0.2, -0.15) is 5.26 Å².